The third-order valence-corrected chi connectivity index (χ3v) is 2.77. The van der Waals surface area contributed by atoms with E-state index in [1.54, 1.807) is 14.1 Å². The molecular weight excluding hydrogens is 180 g/mol. The number of carbonyl (C=O) groups excluding carboxylic acids is 2. The molecule has 1 rings (SSSR count). The molecule has 1 amide bonds. The number of nitrogens with zero attached hydrogens (tertiary/aromatic N) is 1. The van der Waals surface area contributed by atoms with E-state index >= 15 is 0 Å². The lowest BCUT2D eigenvalue weighted by Crippen LogP contribution is -2.43. The predicted molar refractivity (Wildman–Crippen MR) is 53.6 cm³/mol. The van der Waals surface area contributed by atoms with E-state index in [0.29, 0.717) is 12.3 Å². The molecule has 0 heterocycles. The van der Waals surface area contributed by atoms with Crippen LogP contribution in [0.5, 0.6) is 0 Å². The average Bonchev–Trinajstić information content (AvgIpc) is 2.08. The van der Waals surface area contributed by atoms with E-state index in [1.807, 2.05) is 0 Å². The van der Waals surface area contributed by atoms with Gasteiger partial charge in [-0.2, -0.15) is 0 Å². The highest BCUT2D eigenvalue weighted by atomic mass is 16.2. The van der Waals surface area contributed by atoms with Crippen molar-refractivity contribution in [2.45, 2.75) is 31.7 Å². The molecule has 0 aliphatic heterocycles. The molecule has 1 fully saturated rings. The van der Waals surface area contributed by atoms with Crippen molar-refractivity contribution in [3.8, 4) is 0 Å². The number of hydrogen-bond donors (Lipinski definition) is 1. The molecule has 0 spiro atoms. The zero-order valence-electron chi connectivity index (χ0n) is 8.82. The lowest BCUT2D eigenvalue weighted by molar-refractivity contribution is -0.143. The number of ketones is 1. The van der Waals surface area contributed by atoms with E-state index in [1.165, 1.54) is 11.3 Å². The number of Topliss-reactive ketones (excluding diaryl/α,β-unsaturated/α-hetero) is 1. The normalized spacial score (nSPS) is 18.5. The quantitative estimate of drug-likeness (QED) is 0.654. The second-order valence-electron chi connectivity index (χ2n) is 4.20. The summed E-state index contributed by atoms with van der Waals surface area (Å²) in [6.45, 7) is 0. The van der Waals surface area contributed by atoms with Gasteiger partial charge in [0.15, 0.2) is 0 Å². The molecule has 0 radical (unpaired) electrons. The summed E-state index contributed by atoms with van der Waals surface area (Å²) in [4.78, 5) is 24.0. The van der Waals surface area contributed by atoms with Crippen molar-refractivity contribution >= 4 is 11.7 Å². The van der Waals surface area contributed by atoms with E-state index in [-0.39, 0.29) is 0 Å². The van der Waals surface area contributed by atoms with Crippen molar-refractivity contribution in [2.24, 2.45) is 11.7 Å². The average molecular weight is 198 g/mol. The fourth-order valence-corrected chi connectivity index (χ4v) is 1.57. The maximum Gasteiger partial charge on any atom is 0.291 e. The summed E-state index contributed by atoms with van der Waals surface area (Å²) in [6.07, 6.45) is 4.19. The van der Waals surface area contributed by atoms with Crippen LogP contribution in [0.15, 0.2) is 0 Å². The van der Waals surface area contributed by atoms with Crippen LogP contribution in [0.4, 0.5) is 0 Å². The Bertz CT molecular complexity index is 234. The standard InChI is InChI=1S/C10H18N2O2/c1-12(2)10(14)9(13)8(11)6-7-4-3-5-7/h7-8H,3-6,11H2,1-2H3. The smallest absolute Gasteiger partial charge is 0.291 e. The zero-order chi connectivity index (χ0) is 10.7. The Labute approximate surface area is 84.4 Å². The highest BCUT2D eigenvalue weighted by Crippen LogP contribution is 2.30. The SMILES string of the molecule is CN(C)C(=O)C(=O)C(N)CC1CCC1. The van der Waals surface area contributed by atoms with Crippen molar-refractivity contribution < 1.29 is 9.59 Å². The summed E-state index contributed by atoms with van der Waals surface area (Å²) < 4.78 is 0. The van der Waals surface area contributed by atoms with Crippen LogP contribution in [0, 0.1) is 5.92 Å². The van der Waals surface area contributed by atoms with Gasteiger partial charge in [0.25, 0.3) is 5.91 Å². The molecule has 0 bridgehead atoms. The summed E-state index contributed by atoms with van der Waals surface area (Å²) in [7, 11) is 3.13. The van der Waals surface area contributed by atoms with Crippen LogP contribution in [0.1, 0.15) is 25.7 Å². The summed E-state index contributed by atoms with van der Waals surface area (Å²) in [5.41, 5.74) is 5.67. The van der Waals surface area contributed by atoms with E-state index in [0.717, 1.165) is 12.8 Å². The maximum atomic E-state index is 11.4. The van der Waals surface area contributed by atoms with Crippen LogP contribution in [0.3, 0.4) is 0 Å². The Morgan fingerprint density at radius 3 is 2.36 bits per heavy atom. The molecule has 80 valence electrons. The van der Waals surface area contributed by atoms with Gasteiger partial charge in [0.05, 0.1) is 6.04 Å². The number of hydrogen-bond acceptors (Lipinski definition) is 3. The molecule has 1 aliphatic rings. The minimum absolute atomic E-state index is 0.457. The largest absolute Gasteiger partial charge is 0.342 e. The first-order valence-corrected chi connectivity index (χ1v) is 5.03. The first kappa shape index (κ1) is 11.2. The fraction of sp³-hybridized carbons (Fsp3) is 0.800. The molecule has 1 atom stereocenters. The molecule has 4 nitrogen and oxygen atoms in total. The van der Waals surface area contributed by atoms with E-state index < -0.39 is 17.7 Å². The topological polar surface area (TPSA) is 63.4 Å². The minimum Gasteiger partial charge on any atom is -0.342 e. The first-order chi connectivity index (χ1) is 6.52. The van der Waals surface area contributed by atoms with Crippen molar-refractivity contribution in [3.63, 3.8) is 0 Å². The summed E-state index contributed by atoms with van der Waals surface area (Å²) in [5, 5.41) is 0. The second-order valence-corrected chi connectivity index (χ2v) is 4.20. The molecule has 14 heavy (non-hydrogen) atoms. The number of carbonyl (C=O) groups is 2. The van der Waals surface area contributed by atoms with Gasteiger partial charge in [-0.3, -0.25) is 9.59 Å². The Hall–Kier alpha value is -0.900. The van der Waals surface area contributed by atoms with E-state index in [4.69, 9.17) is 5.73 Å². The van der Waals surface area contributed by atoms with Gasteiger partial charge >= 0.3 is 0 Å². The number of rotatable bonds is 4. The van der Waals surface area contributed by atoms with Gasteiger partial charge in [-0.1, -0.05) is 19.3 Å². The third kappa shape index (κ3) is 2.54. The monoisotopic (exact) mass is 198 g/mol. The second kappa shape index (κ2) is 4.55. The van der Waals surface area contributed by atoms with Crippen molar-refractivity contribution in [3.05, 3.63) is 0 Å². The van der Waals surface area contributed by atoms with Crippen LogP contribution >= 0.6 is 0 Å². The van der Waals surface area contributed by atoms with Crippen LogP contribution < -0.4 is 5.73 Å². The molecule has 0 saturated heterocycles. The minimum atomic E-state index is -0.602. The Kier molecular flexibility index (Phi) is 3.63. The summed E-state index contributed by atoms with van der Waals surface area (Å²) in [6, 6.07) is -0.602. The molecule has 0 aromatic carbocycles. The predicted octanol–water partition coefficient (Wildman–Crippen LogP) is 0.161. The maximum absolute atomic E-state index is 11.4. The van der Waals surface area contributed by atoms with Crippen LogP contribution in [-0.2, 0) is 9.59 Å². The highest BCUT2D eigenvalue weighted by Gasteiger charge is 2.28. The van der Waals surface area contributed by atoms with Gasteiger partial charge in [-0.05, 0) is 12.3 Å². The van der Waals surface area contributed by atoms with E-state index in [2.05, 4.69) is 0 Å². The van der Waals surface area contributed by atoms with Crippen molar-refractivity contribution in [1.82, 2.24) is 4.90 Å². The Balaban J connectivity index is 2.38. The van der Waals surface area contributed by atoms with Gasteiger partial charge in [-0.25, -0.2) is 0 Å². The van der Waals surface area contributed by atoms with Crippen molar-refractivity contribution in [1.29, 1.82) is 0 Å². The fourth-order valence-electron chi connectivity index (χ4n) is 1.57. The lowest BCUT2D eigenvalue weighted by Gasteiger charge is -2.27. The van der Waals surface area contributed by atoms with Crippen LogP contribution in [-0.4, -0.2) is 36.7 Å². The summed E-state index contributed by atoms with van der Waals surface area (Å²) in [5.74, 6) is -0.386. The molecule has 4 heteroatoms. The lowest BCUT2D eigenvalue weighted by atomic mass is 9.80. The third-order valence-electron chi connectivity index (χ3n) is 2.77. The number of amides is 1. The first-order valence-electron chi connectivity index (χ1n) is 5.03. The number of likely N-dealkylation sites (N-methyl/N-ethyl adjacent to an activating group) is 1. The van der Waals surface area contributed by atoms with Crippen LogP contribution in [0.25, 0.3) is 0 Å². The summed E-state index contributed by atoms with van der Waals surface area (Å²) >= 11 is 0. The highest BCUT2D eigenvalue weighted by molar-refractivity contribution is 6.37. The van der Waals surface area contributed by atoms with E-state index in [9.17, 15) is 9.59 Å². The molecule has 1 saturated carbocycles. The molecule has 0 aromatic heterocycles. The van der Waals surface area contributed by atoms with Gasteiger partial charge in [-0.15, -0.1) is 0 Å². The molecular formula is C10H18N2O2. The van der Waals surface area contributed by atoms with Gasteiger partial charge in [0.2, 0.25) is 5.78 Å². The molecule has 0 aromatic rings. The van der Waals surface area contributed by atoms with Gasteiger partial charge < -0.3 is 10.6 Å². The zero-order valence-corrected chi connectivity index (χ0v) is 8.82. The van der Waals surface area contributed by atoms with Gasteiger partial charge in [0, 0.05) is 14.1 Å². The Morgan fingerprint density at radius 2 is 2.00 bits per heavy atom. The number of nitrogens with two attached hydrogens (primary N) is 1. The van der Waals surface area contributed by atoms with Crippen molar-refractivity contribution in [2.75, 3.05) is 14.1 Å². The van der Waals surface area contributed by atoms with Crippen LogP contribution in [0.2, 0.25) is 0 Å². The molecule has 1 unspecified atom stereocenters. The molecule has 1 aliphatic carbocycles. The Morgan fingerprint density at radius 1 is 1.43 bits per heavy atom. The molecule has 2 N–H and O–H groups in total. The van der Waals surface area contributed by atoms with Gasteiger partial charge in [0.1, 0.15) is 0 Å².